The van der Waals surface area contributed by atoms with Crippen LogP contribution < -0.4 is 11.5 Å². The number of carboxylic acids is 1. The molecule has 5 heteroatoms. The number of rotatable bonds is 6. The molecular weight excluding hydrogens is 160 g/mol. The molecule has 0 saturated carbocycles. The minimum absolute atomic E-state index is 0.0331. The van der Waals surface area contributed by atoms with E-state index >= 15 is 0 Å². The van der Waals surface area contributed by atoms with Crippen LogP contribution in [0.1, 0.15) is 19.3 Å². The molecule has 0 amide bonds. The van der Waals surface area contributed by atoms with Crippen LogP contribution in [0, 0.1) is 0 Å². The molecule has 0 fully saturated rings. The lowest BCUT2D eigenvalue weighted by atomic mass is 10.1. The highest BCUT2D eigenvalue weighted by atomic mass is 16.4. The van der Waals surface area contributed by atoms with Crippen LogP contribution in [0.4, 0.5) is 0 Å². The maximum Gasteiger partial charge on any atom is 0.320 e. The third kappa shape index (κ3) is 4.81. The molecule has 0 saturated heterocycles. The van der Waals surface area contributed by atoms with Gasteiger partial charge in [0.1, 0.15) is 11.8 Å². The summed E-state index contributed by atoms with van der Waals surface area (Å²) in [6.45, 7) is 0.307. The summed E-state index contributed by atoms with van der Waals surface area (Å²) in [6.07, 6.45) is 0.686. The highest BCUT2D eigenvalue weighted by Gasteiger charge is 2.12. The number of nitrogens with two attached hydrogens (primary N) is 2. The average Bonchev–Trinajstić information content (AvgIpc) is 2.00. The third-order valence-electron chi connectivity index (χ3n) is 1.47. The average molecular weight is 174 g/mol. The zero-order chi connectivity index (χ0) is 9.56. The summed E-state index contributed by atoms with van der Waals surface area (Å²) in [5.41, 5.74) is 10.3. The first-order valence-electron chi connectivity index (χ1n) is 3.78. The summed E-state index contributed by atoms with van der Waals surface area (Å²) in [5, 5.41) is 8.36. The fraction of sp³-hybridized carbons (Fsp3) is 0.714. The smallest absolute Gasteiger partial charge is 0.320 e. The Balaban J connectivity index is 3.54. The zero-order valence-electron chi connectivity index (χ0n) is 6.82. The van der Waals surface area contributed by atoms with E-state index in [2.05, 4.69) is 0 Å². The number of hydrogen-bond donors (Lipinski definition) is 3. The molecule has 0 spiro atoms. The Hall–Kier alpha value is -0.940. The summed E-state index contributed by atoms with van der Waals surface area (Å²) >= 11 is 0. The van der Waals surface area contributed by atoms with E-state index in [0.717, 1.165) is 0 Å². The SMILES string of the molecule is NCCC(=O)CC[C@@H](N)C(=O)O. The summed E-state index contributed by atoms with van der Waals surface area (Å²) < 4.78 is 0. The molecule has 0 aromatic rings. The van der Waals surface area contributed by atoms with Crippen LogP contribution in [0.3, 0.4) is 0 Å². The molecule has 0 heterocycles. The van der Waals surface area contributed by atoms with Gasteiger partial charge in [0, 0.05) is 12.8 Å². The molecule has 5 N–H and O–H groups in total. The van der Waals surface area contributed by atoms with Crippen LogP contribution in [0.15, 0.2) is 0 Å². The molecule has 0 aliphatic rings. The molecule has 0 aromatic heterocycles. The van der Waals surface area contributed by atoms with Crippen molar-refractivity contribution in [1.29, 1.82) is 0 Å². The van der Waals surface area contributed by atoms with Gasteiger partial charge in [-0.25, -0.2) is 0 Å². The molecule has 0 radical (unpaired) electrons. The van der Waals surface area contributed by atoms with Crippen molar-refractivity contribution in [2.75, 3.05) is 6.54 Å². The van der Waals surface area contributed by atoms with Gasteiger partial charge in [0.2, 0.25) is 0 Å². The first-order valence-corrected chi connectivity index (χ1v) is 3.78. The Morgan fingerprint density at radius 3 is 2.33 bits per heavy atom. The van der Waals surface area contributed by atoms with E-state index in [1.807, 2.05) is 0 Å². The standard InChI is InChI=1S/C7H14N2O3/c8-4-3-5(10)1-2-6(9)7(11)12/h6H,1-4,8-9H2,(H,11,12)/t6-/m1/s1. The Kier molecular flexibility index (Phi) is 5.23. The molecule has 5 nitrogen and oxygen atoms in total. The zero-order valence-corrected chi connectivity index (χ0v) is 6.82. The Morgan fingerprint density at radius 2 is 1.92 bits per heavy atom. The van der Waals surface area contributed by atoms with Crippen LogP contribution in [0.5, 0.6) is 0 Å². The van der Waals surface area contributed by atoms with Gasteiger partial charge in [-0.05, 0) is 13.0 Å². The van der Waals surface area contributed by atoms with Crippen molar-refractivity contribution >= 4 is 11.8 Å². The van der Waals surface area contributed by atoms with Gasteiger partial charge in [-0.15, -0.1) is 0 Å². The molecule has 12 heavy (non-hydrogen) atoms. The molecule has 0 aliphatic heterocycles. The van der Waals surface area contributed by atoms with Crippen LogP contribution in [-0.4, -0.2) is 29.4 Å². The topological polar surface area (TPSA) is 106 Å². The van der Waals surface area contributed by atoms with E-state index in [9.17, 15) is 9.59 Å². The maximum atomic E-state index is 10.8. The largest absolute Gasteiger partial charge is 0.480 e. The molecular formula is C7H14N2O3. The number of ketones is 1. The fourth-order valence-electron chi connectivity index (χ4n) is 0.726. The lowest BCUT2D eigenvalue weighted by Crippen LogP contribution is -2.30. The van der Waals surface area contributed by atoms with E-state index in [0.29, 0.717) is 13.0 Å². The summed E-state index contributed by atoms with van der Waals surface area (Å²) in [4.78, 5) is 21.1. The Morgan fingerprint density at radius 1 is 1.33 bits per heavy atom. The van der Waals surface area contributed by atoms with Crippen molar-refractivity contribution in [3.05, 3.63) is 0 Å². The van der Waals surface area contributed by atoms with Crippen molar-refractivity contribution in [3.8, 4) is 0 Å². The number of aliphatic carboxylic acids is 1. The van der Waals surface area contributed by atoms with Gasteiger partial charge in [0.15, 0.2) is 0 Å². The second kappa shape index (κ2) is 5.68. The van der Waals surface area contributed by atoms with Gasteiger partial charge in [-0.1, -0.05) is 0 Å². The first-order chi connectivity index (χ1) is 5.57. The number of hydrogen-bond acceptors (Lipinski definition) is 4. The van der Waals surface area contributed by atoms with Crippen molar-refractivity contribution in [2.45, 2.75) is 25.3 Å². The van der Waals surface area contributed by atoms with Gasteiger partial charge in [0.25, 0.3) is 0 Å². The molecule has 0 aromatic carbocycles. The number of carbonyl (C=O) groups excluding carboxylic acids is 1. The van der Waals surface area contributed by atoms with Gasteiger partial charge < -0.3 is 16.6 Å². The first kappa shape index (κ1) is 11.1. The Bertz CT molecular complexity index is 170. The number of carbonyl (C=O) groups is 2. The highest BCUT2D eigenvalue weighted by molar-refractivity contribution is 5.80. The number of carboxylic acid groups (broad SMARTS) is 1. The second-order valence-electron chi connectivity index (χ2n) is 2.56. The normalized spacial score (nSPS) is 12.5. The molecule has 70 valence electrons. The molecule has 0 aliphatic carbocycles. The fourth-order valence-corrected chi connectivity index (χ4v) is 0.726. The lowest BCUT2D eigenvalue weighted by Gasteiger charge is -2.03. The number of Topliss-reactive ketones (excluding diaryl/α,β-unsaturated/α-hetero) is 1. The van der Waals surface area contributed by atoms with Crippen molar-refractivity contribution in [3.63, 3.8) is 0 Å². The maximum absolute atomic E-state index is 10.8. The van der Waals surface area contributed by atoms with Crippen molar-refractivity contribution in [2.24, 2.45) is 11.5 Å². The van der Waals surface area contributed by atoms with E-state index in [4.69, 9.17) is 16.6 Å². The summed E-state index contributed by atoms with van der Waals surface area (Å²) in [6, 6.07) is -0.938. The predicted octanol–water partition coefficient (Wildman–Crippen LogP) is -0.904. The minimum Gasteiger partial charge on any atom is -0.480 e. The Labute approximate surface area is 70.7 Å². The van der Waals surface area contributed by atoms with E-state index in [1.54, 1.807) is 0 Å². The second-order valence-corrected chi connectivity index (χ2v) is 2.56. The van der Waals surface area contributed by atoms with Gasteiger partial charge in [-0.2, -0.15) is 0 Å². The monoisotopic (exact) mass is 174 g/mol. The van der Waals surface area contributed by atoms with E-state index < -0.39 is 12.0 Å². The minimum atomic E-state index is -1.07. The van der Waals surface area contributed by atoms with Crippen molar-refractivity contribution in [1.82, 2.24) is 0 Å². The summed E-state index contributed by atoms with van der Waals surface area (Å²) in [7, 11) is 0. The van der Waals surface area contributed by atoms with Crippen LogP contribution in [0.25, 0.3) is 0 Å². The molecule has 0 bridgehead atoms. The quantitative estimate of drug-likeness (QED) is 0.483. The predicted molar refractivity (Wildman–Crippen MR) is 43.5 cm³/mol. The summed E-state index contributed by atoms with van der Waals surface area (Å²) in [5.74, 6) is -1.11. The lowest BCUT2D eigenvalue weighted by molar-refractivity contribution is -0.138. The molecule has 0 rings (SSSR count). The molecule has 0 unspecified atom stereocenters. The van der Waals surface area contributed by atoms with E-state index in [-0.39, 0.29) is 18.6 Å². The van der Waals surface area contributed by atoms with Gasteiger partial charge in [0.05, 0.1) is 0 Å². The molecule has 1 atom stereocenters. The van der Waals surface area contributed by atoms with Crippen LogP contribution >= 0.6 is 0 Å². The van der Waals surface area contributed by atoms with Gasteiger partial charge >= 0.3 is 5.97 Å². The highest BCUT2D eigenvalue weighted by Crippen LogP contribution is 1.97. The van der Waals surface area contributed by atoms with Crippen LogP contribution in [-0.2, 0) is 9.59 Å². The third-order valence-corrected chi connectivity index (χ3v) is 1.47. The van der Waals surface area contributed by atoms with E-state index in [1.165, 1.54) is 0 Å². The van der Waals surface area contributed by atoms with Gasteiger partial charge in [-0.3, -0.25) is 9.59 Å². The van der Waals surface area contributed by atoms with Crippen LogP contribution in [0.2, 0.25) is 0 Å². The van der Waals surface area contributed by atoms with Crippen molar-refractivity contribution < 1.29 is 14.7 Å².